The van der Waals surface area contributed by atoms with E-state index in [1.165, 1.54) is 16.9 Å². The molecule has 1 unspecified atom stereocenters. The van der Waals surface area contributed by atoms with Crippen molar-refractivity contribution in [1.82, 2.24) is 15.5 Å². The minimum absolute atomic E-state index is 0.251. The first-order valence-electron chi connectivity index (χ1n) is 9.29. The number of amidine groups is 1. The average Bonchev–Trinajstić information content (AvgIpc) is 3.42. The largest absolute Gasteiger partial charge is 0.378 e. The highest BCUT2D eigenvalue weighted by Crippen LogP contribution is 2.36. The molecule has 1 amide bonds. The van der Waals surface area contributed by atoms with Gasteiger partial charge in [-0.1, -0.05) is 29.5 Å². The van der Waals surface area contributed by atoms with Crippen LogP contribution in [-0.2, 0) is 16.0 Å². The summed E-state index contributed by atoms with van der Waals surface area (Å²) >= 11 is 1.27. The maximum absolute atomic E-state index is 13.0. The number of hydrogen-bond acceptors (Lipinski definition) is 8. The number of carbonyl (C=O) groups is 1. The topological polar surface area (TPSA) is 113 Å². The predicted molar refractivity (Wildman–Crippen MR) is 111 cm³/mol. The molecule has 0 bridgehead atoms. The Morgan fingerprint density at radius 3 is 3.00 bits per heavy atom. The zero-order chi connectivity index (χ0) is 19.8. The summed E-state index contributed by atoms with van der Waals surface area (Å²) in [5.41, 5.74) is 4.34. The Labute approximate surface area is 171 Å². The van der Waals surface area contributed by atoms with E-state index in [4.69, 9.17) is 14.7 Å². The zero-order valence-corrected chi connectivity index (χ0v) is 16.5. The van der Waals surface area contributed by atoms with Gasteiger partial charge in [0.2, 0.25) is 11.1 Å². The van der Waals surface area contributed by atoms with Crippen LogP contribution in [0.4, 0.5) is 10.8 Å². The highest BCUT2D eigenvalue weighted by Gasteiger charge is 2.46. The van der Waals surface area contributed by atoms with Gasteiger partial charge in [-0.2, -0.15) is 4.99 Å². The molecule has 1 fully saturated rings. The van der Waals surface area contributed by atoms with Crippen molar-refractivity contribution in [2.24, 2.45) is 9.98 Å². The second kappa shape index (κ2) is 7.05. The van der Waals surface area contributed by atoms with E-state index in [2.05, 4.69) is 32.2 Å². The fourth-order valence-corrected chi connectivity index (χ4v) is 4.34. The molecule has 0 saturated carbocycles. The molecule has 3 aliphatic heterocycles. The number of guanidine groups is 1. The molecule has 5 rings (SSSR count). The number of nitrogens with one attached hydrogen (secondary N) is 3. The van der Waals surface area contributed by atoms with Crippen molar-refractivity contribution in [2.75, 3.05) is 23.8 Å². The SMILES string of the molecule is CC1=C(C(=O)Nc2nncs2)C2(CCOC2)N=C(N=C2Cc3ccccc3N2)N1. The van der Waals surface area contributed by atoms with Crippen molar-refractivity contribution in [3.05, 3.63) is 46.6 Å². The lowest BCUT2D eigenvalue weighted by Gasteiger charge is -2.31. The molecular weight excluding hydrogens is 390 g/mol. The van der Waals surface area contributed by atoms with Crippen molar-refractivity contribution in [2.45, 2.75) is 25.3 Å². The van der Waals surface area contributed by atoms with Crippen LogP contribution < -0.4 is 16.0 Å². The third-order valence-corrected chi connectivity index (χ3v) is 5.77. The highest BCUT2D eigenvalue weighted by atomic mass is 32.1. The van der Waals surface area contributed by atoms with E-state index in [9.17, 15) is 4.79 Å². The molecule has 0 aliphatic carbocycles. The molecular formula is C19H19N7O2S. The van der Waals surface area contributed by atoms with Crippen LogP contribution in [0.15, 0.2) is 51.0 Å². The molecule has 3 aliphatic rings. The highest BCUT2D eigenvalue weighted by molar-refractivity contribution is 7.13. The first-order valence-corrected chi connectivity index (χ1v) is 10.2. The number of aliphatic imine (C=N–C) groups is 2. The van der Waals surface area contributed by atoms with Crippen LogP contribution in [0.3, 0.4) is 0 Å². The molecule has 1 spiro atoms. The van der Waals surface area contributed by atoms with Crippen LogP contribution in [0.5, 0.6) is 0 Å². The number of amides is 1. The molecule has 0 radical (unpaired) electrons. The van der Waals surface area contributed by atoms with Crippen LogP contribution >= 0.6 is 11.3 Å². The predicted octanol–water partition coefficient (Wildman–Crippen LogP) is 1.94. The molecule has 1 aromatic heterocycles. The van der Waals surface area contributed by atoms with Gasteiger partial charge in [-0.25, -0.2) is 4.99 Å². The summed E-state index contributed by atoms with van der Waals surface area (Å²) in [7, 11) is 0. The number of anilines is 2. The molecule has 148 valence electrons. The summed E-state index contributed by atoms with van der Waals surface area (Å²) in [6.07, 6.45) is 1.33. The number of nitrogens with zero attached hydrogens (tertiary/aromatic N) is 4. The van der Waals surface area contributed by atoms with E-state index in [1.807, 2.05) is 25.1 Å². The Bertz CT molecular complexity index is 1030. The normalized spacial score (nSPS) is 24.3. The summed E-state index contributed by atoms with van der Waals surface area (Å²) in [4.78, 5) is 22.5. The number of benzene rings is 1. The van der Waals surface area contributed by atoms with E-state index in [-0.39, 0.29) is 5.91 Å². The van der Waals surface area contributed by atoms with Crippen LogP contribution in [0.1, 0.15) is 18.9 Å². The molecule has 3 N–H and O–H groups in total. The molecule has 4 heterocycles. The Morgan fingerprint density at radius 2 is 2.24 bits per heavy atom. The third-order valence-electron chi connectivity index (χ3n) is 5.16. The van der Waals surface area contributed by atoms with Crippen molar-refractivity contribution in [1.29, 1.82) is 0 Å². The molecule has 1 atom stereocenters. The van der Waals surface area contributed by atoms with Crippen molar-refractivity contribution >= 4 is 39.9 Å². The molecule has 10 heteroatoms. The van der Waals surface area contributed by atoms with Gasteiger partial charge in [-0.3, -0.25) is 10.1 Å². The molecule has 9 nitrogen and oxygen atoms in total. The van der Waals surface area contributed by atoms with E-state index in [0.717, 1.165) is 11.5 Å². The van der Waals surface area contributed by atoms with Gasteiger partial charge >= 0.3 is 0 Å². The quantitative estimate of drug-likeness (QED) is 0.699. The summed E-state index contributed by atoms with van der Waals surface area (Å²) in [6.45, 7) is 2.74. The van der Waals surface area contributed by atoms with Gasteiger partial charge in [0.1, 0.15) is 16.9 Å². The Hall–Kier alpha value is -3.11. The lowest BCUT2D eigenvalue weighted by atomic mass is 9.86. The summed E-state index contributed by atoms with van der Waals surface area (Å²) in [5, 5.41) is 17.4. The first-order chi connectivity index (χ1) is 14.1. The molecule has 1 aromatic carbocycles. The lowest BCUT2D eigenvalue weighted by molar-refractivity contribution is -0.113. The number of rotatable bonds is 2. The van der Waals surface area contributed by atoms with E-state index >= 15 is 0 Å². The summed E-state index contributed by atoms with van der Waals surface area (Å²) in [6, 6.07) is 8.11. The summed E-state index contributed by atoms with van der Waals surface area (Å²) < 4.78 is 5.63. The smallest absolute Gasteiger partial charge is 0.257 e. The number of aromatic nitrogens is 2. The Kier molecular flexibility index (Phi) is 4.36. The first kappa shape index (κ1) is 18.0. The zero-order valence-electron chi connectivity index (χ0n) is 15.7. The minimum atomic E-state index is -0.755. The van der Waals surface area contributed by atoms with Gasteiger partial charge in [0.25, 0.3) is 5.91 Å². The second-order valence-corrected chi connectivity index (χ2v) is 7.94. The van der Waals surface area contributed by atoms with E-state index in [1.54, 1.807) is 5.51 Å². The third kappa shape index (κ3) is 3.30. The summed E-state index contributed by atoms with van der Waals surface area (Å²) in [5.74, 6) is 1.05. The number of carbonyl (C=O) groups excluding carboxylic acids is 1. The monoisotopic (exact) mass is 409 g/mol. The van der Waals surface area contributed by atoms with Gasteiger partial charge in [-0.05, 0) is 18.6 Å². The van der Waals surface area contributed by atoms with Gasteiger partial charge in [0.15, 0.2) is 0 Å². The Morgan fingerprint density at radius 1 is 1.34 bits per heavy atom. The van der Waals surface area contributed by atoms with Crippen molar-refractivity contribution in [3.8, 4) is 0 Å². The molecule has 2 aromatic rings. The maximum Gasteiger partial charge on any atom is 0.257 e. The minimum Gasteiger partial charge on any atom is -0.378 e. The van der Waals surface area contributed by atoms with Crippen LogP contribution in [0.2, 0.25) is 0 Å². The van der Waals surface area contributed by atoms with Crippen molar-refractivity contribution in [3.63, 3.8) is 0 Å². The molecule has 1 saturated heterocycles. The Balaban J connectivity index is 1.43. The maximum atomic E-state index is 13.0. The standard InChI is InChI=1S/C19H19N7O2S/c1-11-15(16(27)24-18-26-20-10-29-18)19(6-7-28-9-19)25-17(21-11)23-14-8-12-4-2-3-5-13(12)22-14/h2-5,10H,6-9H2,1H3,(H,24,26,27)(H2,21,22,23,25). The van der Waals surface area contributed by atoms with Crippen LogP contribution in [-0.4, -0.2) is 46.7 Å². The van der Waals surface area contributed by atoms with Crippen LogP contribution in [0.25, 0.3) is 0 Å². The van der Waals surface area contributed by atoms with Gasteiger partial charge in [0, 0.05) is 30.8 Å². The molecule has 29 heavy (non-hydrogen) atoms. The number of fused-ring (bicyclic) bond motifs is 1. The van der Waals surface area contributed by atoms with Crippen LogP contribution in [0, 0.1) is 0 Å². The number of para-hydroxylation sites is 1. The number of allylic oxidation sites excluding steroid dienone is 1. The fraction of sp³-hybridized carbons (Fsp3) is 0.316. The van der Waals surface area contributed by atoms with Crippen molar-refractivity contribution < 1.29 is 9.53 Å². The van der Waals surface area contributed by atoms with Gasteiger partial charge in [0.05, 0.1) is 12.2 Å². The average molecular weight is 409 g/mol. The van der Waals surface area contributed by atoms with Gasteiger partial charge in [-0.15, -0.1) is 10.2 Å². The second-order valence-electron chi connectivity index (χ2n) is 7.11. The van der Waals surface area contributed by atoms with E-state index < -0.39 is 5.54 Å². The van der Waals surface area contributed by atoms with Gasteiger partial charge < -0.3 is 15.4 Å². The number of hydrogen-bond donors (Lipinski definition) is 3. The van der Waals surface area contributed by atoms with E-state index in [0.29, 0.717) is 48.4 Å². The lowest BCUT2D eigenvalue weighted by Crippen LogP contribution is -2.45. The number of ether oxygens (including phenoxy) is 1. The fourth-order valence-electron chi connectivity index (χ4n) is 3.90.